The molecule has 2 rings (SSSR count). The lowest BCUT2D eigenvalue weighted by molar-refractivity contribution is 0.0393. The largest absolute Gasteiger partial charge is 0.445 e. The summed E-state index contributed by atoms with van der Waals surface area (Å²) in [6, 6.07) is 9.70. The topological polar surface area (TPSA) is 49.8 Å². The van der Waals surface area contributed by atoms with Gasteiger partial charge < -0.3 is 14.7 Å². The van der Waals surface area contributed by atoms with Gasteiger partial charge in [0, 0.05) is 25.1 Å². The Bertz CT molecular complexity index is 407. The molecule has 1 N–H and O–H groups in total. The number of carbonyl (C=O) groups excluding carboxylic acids is 1. The average molecular weight is 263 g/mol. The summed E-state index contributed by atoms with van der Waals surface area (Å²) in [6.07, 6.45) is 1.62. The minimum atomic E-state index is -0.283. The van der Waals surface area contributed by atoms with Crippen LogP contribution in [0.25, 0.3) is 0 Å². The van der Waals surface area contributed by atoms with E-state index in [9.17, 15) is 9.90 Å². The molecule has 1 saturated heterocycles. The maximum absolute atomic E-state index is 12.1. The lowest BCUT2D eigenvalue weighted by atomic mass is 9.91. The van der Waals surface area contributed by atoms with E-state index in [1.54, 1.807) is 4.90 Å². The van der Waals surface area contributed by atoms with E-state index >= 15 is 0 Å². The third kappa shape index (κ3) is 3.47. The number of amides is 1. The molecule has 1 aromatic rings. The second-order valence-corrected chi connectivity index (χ2v) is 5.06. The van der Waals surface area contributed by atoms with Crippen molar-refractivity contribution in [3.63, 3.8) is 0 Å². The number of rotatable bonds is 3. The molecule has 1 aromatic carbocycles. The first-order valence-corrected chi connectivity index (χ1v) is 6.80. The summed E-state index contributed by atoms with van der Waals surface area (Å²) >= 11 is 0. The van der Waals surface area contributed by atoms with Crippen LogP contribution in [0.5, 0.6) is 0 Å². The van der Waals surface area contributed by atoms with Crippen molar-refractivity contribution in [3.8, 4) is 0 Å². The summed E-state index contributed by atoms with van der Waals surface area (Å²) in [6.45, 7) is 3.12. The van der Waals surface area contributed by atoms with E-state index in [1.807, 2.05) is 37.3 Å². The zero-order valence-electron chi connectivity index (χ0n) is 11.3. The Kier molecular flexibility index (Phi) is 4.80. The highest BCUT2D eigenvalue weighted by Crippen LogP contribution is 2.23. The van der Waals surface area contributed by atoms with Crippen molar-refractivity contribution in [2.75, 3.05) is 13.2 Å². The van der Waals surface area contributed by atoms with Crippen LogP contribution in [-0.4, -0.2) is 35.3 Å². The Balaban J connectivity index is 1.89. The summed E-state index contributed by atoms with van der Waals surface area (Å²) in [5.74, 6) is 0.165. The minimum Gasteiger partial charge on any atom is -0.445 e. The quantitative estimate of drug-likeness (QED) is 0.911. The number of hydrogen-bond acceptors (Lipinski definition) is 3. The van der Waals surface area contributed by atoms with Crippen molar-refractivity contribution in [2.45, 2.75) is 32.4 Å². The predicted octanol–water partition coefficient (Wildman–Crippen LogP) is 2.42. The molecule has 0 radical (unpaired) electrons. The first-order valence-electron chi connectivity index (χ1n) is 6.80. The van der Waals surface area contributed by atoms with E-state index in [2.05, 4.69) is 0 Å². The van der Waals surface area contributed by atoms with Crippen LogP contribution < -0.4 is 0 Å². The zero-order chi connectivity index (χ0) is 13.7. The fraction of sp³-hybridized carbons (Fsp3) is 0.533. The Morgan fingerprint density at radius 2 is 2.16 bits per heavy atom. The summed E-state index contributed by atoms with van der Waals surface area (Å²) in [4.78, 5) is 13.8. The molecule has 1 aliphatic rings. The van der Waals surface area contributed by atoms with Crippen molar-refractivity contribution >= 4 is 6.09 Å². The van der Waals surface area contributed by atoms with Gasteiger partial charge in [0.25, 0.3) is 0 Å². The number of piperidine rings is 1. The number of aliphatic hydroxyl groups excluding tert-OH is 1. The molecule has 0 aliphatic carbocycles. The first-order chi connectivity index (χ1) is 9.22. The van der Waals surface area contributed by atoms with Gasteiger partial charge in [-0.2, -0.15) is 0 Å². The first kappa shape index (κ1) is 13.9. The van der Waals surface area contributed by atoms with Crippen molar-refractivity contribution in [1.29, 1.82) is 0 Å². The minimum absolute atomic E-state index is 0.0435. The summed E-state index contributed by atoms with van der Waals surface area (Å²) < 4.78 is 5.34. The molecule has 19 heavy (non-hydrogen) atoms. The molecule has 2 atom stereocenters. The summed E-state index contributed by atoms with van der Waals surface area (Å²) in [5.41, 5.74) is 0.985. The van der Waals surface area contributed by atoms with Gasteiger partial charge in [-0.15, -0.1) is 0 Å². The second-order valence-electron chi connectivity index (χ2n) is 5.06. The van der Waals surface area contributed by atoms with E-state index < -0.39 is 0 Å². The molecule has 4 nitrogen and oxygen atoms in total. The highest BCUT2D eigenvalue weighted by Gasteiger charge is 2.31. The van der Waals surface area contributed by atoms with Crippen LogP contribution in [0.2, 0.25) is 0 Å². The van der Waals surface area contributed by atoms with Gasteiger partial charge in [-0.3, -0.25) is 0 Å². The summed E-state index contributed by atoms with van der Waals surface area (Å²) in [7, 11) is 0. The fourth-order valence-corrected chi connectivity index (χ4v) is 2.53. The Morgan fingerprint density at radius 1 is 1.42 bits per heavy atom. The molecule has 4 heteroatoms. The van der Waals surface area contributed by atoms with Gasteiger partial charge in [0.15, 0.2) is 0 Å². The molecule has 0 unspecified atom stereocenters. The van der Waals surface area contributed by atoms with Gasteiger partial charge in [-0.25, -0.2) is 4.79 Å². The SMILES string of the molecule is C[C@H]1[C@H](CO)CCCN1C(=O)OCc1ccccc1. The number of hydrogen-bond donors (Lipinski definition) is 1. The molecule has 0 aromatic heterocycles. The maximum Gasteiger partial charge on any atom is 0.410 e. The Morgan fingerprint density at radius 3 is 2.84 bits per heavy atom. The van der Waals surface area contributed by atoms with E-state index in [0.29, 0.717) is 13.2 Å². The van der Waals surface area contributed by atoms with Crippen molar-refractivity contribution in [2.24, 2.45) is 5.92 Å². The van der Waals surface area contributed by atoms with Crippen molar-refractivity contribution in [3.05, 3.63) is 35.9 Å². The molecule has 1 fully saturated rings. The molecular weight excluding hydrogens is 242 g/mol. The zero-order valence-corrected chi connectivity index (χ0v) is 11.3. The third-order valence-electron chi connectivity index (χ3n) is 3.82. The molecule has 1 amide bonds. The monoisotopic (exact) mass is 263 g/mol. The van der Waals surface area contributed by atoms with Gasteiger partial charge in [-0.1, -0.05) is 30.3 Å². The highest BCUT2D eigenvalue weighted by atomic mass is 16.6. The number of carbonyl (C=O) groups is 1. The predicted molar refractivity (Wildman–Crippen MR) is 72.6 cm³/mol. The van der Waals surface area contributed by atoms with Gasteiger partial charge >= 0.3 is 6.09 Å². The summed E-state index contributed by atoms with van der Waals surface area (Å²) in [5, 5.41) is 9.29. The van der Waals surface area contributed by atoms with E-state index in [4.69, 9.17) is 4.74 Å². The standard InChI is InChI=1S/C15H21NO3/c1-12-14(10-17)8-5-9-16(12)15(18)19-11-13-6-3-2-4-7-13/h2-4,6-7,12,14,17H,5,8-11H2,1H3/t12-,14-/m0/s1. The van der Waals surface area contributed by atoms with Crippen LogP contribution in [0.4, 0.5) is 4.79 Å². The van der Waals surface area contributed by atoms with Gasteiger partial charge in [0.05, 0.1) is 0 Å². The van der Waals surface area contributed by atoms with Crippen molar-refractivity contribution in [1.82, 2.24) is 4.90 Å². The van der Waals surface area contributed by atoms with Crippen LogP contribution in [0.3, 0.4) is 0 Å². The molecule has 0 saturated carbocycles. The maximum atomic E-state index is 12.1. The van der Waals surface area contributed by atoms with E-state index in [1.165, 1.54) is 0 Å². The normalized spacial score (nSPS) is 23.2. The molecule has 1 heterocycles. The second kappa shape index (κ2) is 6.57. The molecule has 0 bridgehead atoms. The van der Waals surface area contributed by atoms with Crippen molar-refractivity contribution < 1.29 is 14.6 Å². The van der Waals surface area contributed by atoms with E-state index in [-0.39, 0.29) is 24.7 Å². The van der Waals surface area contributed by atoms with Crippen LogP contribution in [-0.2, 0) is 11.3 Å². The van der Waals surface area contributed by atoms with Crippen LogP contribution >= 0.6 is 0 Å². The molecular formula is C15H21NO3. The lowest BCUT2D eigenvalue weighted by Gasteiger charge is -2.37. The molecule has 104 valence electrons. The van der Waals surface area contributed by atoms with E-state index in [0.717, 1.165) is 18.4 Å². The van der Waals surface area contributed by atoms with Crippen LogP contribution in [0, 0.1) is 5.92 Å². The Hall–Kier alpha value is -1.55. The van der Waals surface area contributed by atoms with Gasteiger partial charge in [0.2, 0.25) is 0 Å². The van der Waals surface area contributed by atoms with Crippen LogP contribution in [0.15, 0.2) is 30.3 Å². The lowest BCUT2D eigenvalue weighted by Crippen LogP contribution is -2.48. The number of benzene rings is 1. The number of nitrogens with zero attached hydrogens (tertiary/aromatic N) is 1. The fourth-order valence-electron chi connectivity index (χ4n) is 2.53. The number of ether oxygens (including phenoxy) is 1. The van der Waals surface area contributed by atoms with Gasteiger partial charge in [-0.05, 0) is 25.3 Å². The molecule has 0 spiro atoms. The average Bonchev–Trinajstić information content (AvgIpc) is 2.46. The van der Waals surface area contributed by atoms with Crippen LogP contribution in [0.1, 0.15) is 25.3 Å². The number of likely N-dealkylation sites (tertiary alicyclic amines) is 1. The Labute approximate surface area is 114 Å². The third-order valence-corrected chi connectivity index (χ3v) is 3.82. The highest BCUT2D eigenvalue weighted by molar-refractivity contribution is 5.68. The number of aliphatic hydroxyl groups is 1. The smallest absolute Gasteiger partial charge is 0.410 e. The molecule has 1 aliphatic heterocycles. The van der Waals surface area contributed by atoms with Gasteiger partial charge in [0.1, 0.15) is 6.61 Å².